The maximum absolute atomic E-state index is 12.6. The number of aliphatic hydroxyl groups is 1. The van der Waals surface area contributed by atoms with Crippen LogP contribution < -0.4 is 0 Å². The molecule has 0 radical (unpaired) electrons. The first kappa shape index (κ1) is 15.1. The summed E-state index contributed by atoms with van der Waals surface area (Å²) < 4.78 is 0. The first-order valence-electron chi connectivity index (χ1n) is 7.05. The van der Waals surface area contributed by atoms with Crippen LogP contribution in [0, 0.1) is 30.1 Å². The summed E-state index contributed by atoms with van der Waals surface area (Å²) >= 11 is 0. The molecule has 1 aromatic carbocycles. The van der Waals surface area contributed by atoms with Gasteiger partial charge < -0.3 is 10.0 Å². The lowest BCUT2D eigenvalue weighted by Gasteiger charge is -2.21. The van der Waals surface area contributed by atoms with E-state index < -0.39 is 0 Å². The highest BCUT2D eigenvalue weighted by atomic mass is 16.2. The Hall–Kier alpha value is -2.30. The van der Waals surface area contributed by atoms with E-state index in [1.54, 1.807) is 17.0 Å². The normalized spacial score (nSPS) is 13.0. The quantitative estimate of drug-likeness (QED) is 0.857. The van der Waals surface area contributed by atoms with Crippen molar-refractivity contribution in [2.24, 2.45) is 0 Å². The summed E-state index contributed by atoms with van der Waals surface area (Å²) in [6.07, 6.45) is 2.38. The fourth-order valence-electron chi connectivity index (χ4n) is 2.20. The molecule has 1 aliphatic rings. The van der Waals surface area contributed by atoms with E-state index in [4.69, 9.17) is 10.4 Å². The van der Waals surface area contributed by atoms with Crippen LogP contribution in [-0.4, -0.2) is 35.1 Å². The summed E-state index contributed by atoms with van der Waals surface area (Å²) in [6.45, 7) is 2.20. The molecule has 2 rings (SSSR count). The van der Waals surface area contributed by atoms with Crippen molar-refractivity contribution in [3.05, 3.63) is 34.9 Å². The van der Waals surface area contributed by atoms with E-state index in [2.05, 4.69) is 17.9 Å². The van der Waals surface area contributed by atoms with Crippen molar-refractivity contribution in [3.63, 3.8) is 0 Å². The molecule has 1 fully saturated rings. The highest BCUT2D eigenvalue weighted by Gasteiger charge is 2.32. The lowest BCUT2D eigenvalue weighted by atomic mass is 10.0. The third-order valence-corrected chi connectivity index (χ3v) is 3.50. The van der Waals surface area contributed by atoms with Crippen molar-refractivity contribution >= 4 is 5.91 Å². The molecule has 0 saturated heterocycles. The van der Waals surface area contributed by atoms with Crippen LogP contribution in [0.25, 0.3) is 0 Å². The summed E-state index contributed by atoms with van der Waals surface area (Å²) in [5.74, 6) is 5.43. The van der Waals surface area contributed by atoms with E-state index >= 15 is 0 Å². The van der Waals surface area contributed by atoms with Crippen LogP contribution in [0.4, 0.5) is 0 Å². The number of aliphatic hydroxyl groups excluding tert-OH is 1. The number of amides is 1. The van der Waals surface area contributed by atoms with E-state index in [1.165, 1.54) is 0 Å². The number of hydrogen-bond acceptors (Lipinski definition) is 3. The van der Waals surface area contributed by atoms with Gasteiger partial charge in [-0.15, -0.1) is 0 Å². The first-order valence-corrected chi connectivity index (χ1v) is 7.05. The number of carbonyl (C=O) groups excluding carboxylic acids is 1. The Labute approximate surface area is 125 Å². The van der Waals surface area contributed by atoms with Crippen LogP contribution in [-0.2, 0) is 0 Å². The van der Waals surface area contributed by atoms with Crippen molar-refractivity contribution in [1.29, 1.82) is 5.26 Å². The summed E-state index contributed by atoms with van der Waals surface area (Å²) in [4.78, 5) is 14.4. The second-order valence-electron chi connectivity index (χ2n) is 5.13. The zero-order chi connectivity index (χ0) is 15.2. The van der Waals surface area contributed by atoms with Crippen LogP contribution in [0.5, 0.6) is 0 Å². The largest absolute Gasteiger partial charge is 0.384 e. The third kappa shape index (κ3) is 3.84. The topological polar surface area (TPSA) is 64.3 Å². The molecular weight excluding hydrogens is 264 g/mol. The van der Waals surface area contributed by atoms with E-state index in [-0.39, 0.29) is 18.6 Å². The van der Waals surface area contributed by atoms with Gasteiger partial charge in [-0.05, 0) is 37.5 Å². The minimum Gasteiger partial charge on any atom is -0.384 e. The molecule has 1 amide bonds. The fraction of sp³-hybridized carbons (Fsp3) is 0.412. The maximum Gasteiger partial charge on any atom is 0.254 e. The number of rotatable bonds is 4. The lowest BCUT2D eigenvalue weighted by molar-refractivity contribution is 0.0747. The van der Waals surface area contributed by atoms with Crippen LogP contribution in [0.3, 0.4) is 0 Å². The van der Waals surface area contributed by atoms with Gasteiger partial charge in [-0.1, -0.05) is 17.9 Å². The molecule has 0 spiro atoms. The van der Waals surface area contributed by atoms with Gasteiger partial charge in [-0.2, -0.15) is 5.26 Å². The zero-order valence-electron chi connectivity index (χ0n) is 12.1. The second-order valence-corrected chi connectivity index (χ2v) is 5.13. The van der Waals surface area contributed by atoms with Crippen molar-refractivity contribution in [3.8, 4) is 17.9 Å². The predicted molar refractivity (Wildman–Crippen MR) is 79.4 cm³/mol. The zero-order valence-corrected chi connectivity index (χ0v) is 12.1. The van der Waals surface area contributed by atoms with Crippen LogP contribution in [0.2, 0.25) is 0 Å². The molecule has 0 atom stereocenters. The first-order chi connectivity index (χ1) is 10.2. The maximum atomic E-state index is 12.6. The summed E-state index contributed by atoms with van der Waals surface area (Å²) in [6, 6.07) is 7.79. The van der Waals surface area contributed by atoms with Crippen LogP contribution >= 0.6 is 0 Å². The predicted octanol–water partition coefficient (Wildman–Crippen LogP) is 1.86. The van der Waals surface area contributed by atoms with Crippen molar-refractivity contribution < 1.29 is 9.90 Å². The number of nitriles is 1. The minimum atomic E-state index is -0.200. The average molecular weight is 282 g/mol. The average Bonchev–Trinajstić information content (AvgIpc) is 3.31. The Balaban J connectivity index is 2.23. The number of aryl methyl sites for hydroxylation is 1. The molecule has 4 nitrogen and oxygen atoms in total. The van der Waals surface area contributed by atoms with Crippen LogP contribution in [0.1, 0.15) is 40.7 Å². The van der Waals surface area contributed by atoms with E-state index in [0.717, 1.165) is 24.0 Å². The van der Waals surface area contributed by atoms with E-state index in [1.807, 2.05) is 13.0 Å². The standard InChI is InChI=1S/C17H18N2O2/c1-13-5-6-15(12-14(13)4-2-11-20)17(21)19(10-3-9-18)16-7-8-16/h5-6,12,16,20H,3,7-8,10-11H2,1H3. The third-order valence-electron chi connectivity index (χ3n) is 3.50. The van der Waals surface area contributed by atoms with Gasteiger partial charge in [0.05, 0.1) is 12.5 Å². The molecule has 0 heterocycles. The Bertz CT molecular complexity index is 630. The van der Waals surface area contributed by atoms with Crippen molar-refractivity contribution in [2.45, 2.75) is 32.2 Å². The summed E-state index contributed by atoms with van der Waals surface area (Å²) in [7, 11) is 0. The number of benzene rings is 1. The lowest BCUT2D eigenvalue weighted by Crippen LogP contribution is -2.34. The van der Waals surface area contributed by atoms with Gasteiger partial charge in [0.15, 0.2) is 0 Å². The van der Waals surface area contributed by atoms with Gasteiger partial charge in [-0.25, -0.2) is 0 Å². The molecule has 0 unspecified atom stereocenters. The number of carbonyl (C=O) groups is 1. The Morgan fingerprint density at radius 3 is 2.86 bits per heavy atom. The SMILES string of the molecule is Cc1ccc(C(=O)N(CCC#N)C2CC2)cc1C#CCO. The second kappa shape index (κ2) is 6.92. The molecular formula is C17H18N2O2. The molecule has 1 aliphatic carbocycles. The molecule has 4 heteroatoms. The highest BCUT2D eigenvalue weighted by Crippen LogP contribution is 2.28. The monoisotopic (exact) mass is 282 g/mol. The number of nitrogens with zero attached hydrogens (tertiary/aromatic N) is 2. The highest BCUT2D eigenvalue weighted by molar-refractivity contribution is 5.95. The smallest absolute Gasteiger partial charge is 0.254 e. The van der Waals surface area contributed by atoms with Crippen molar-refractivity contribution in [2.75, 3.05) is 13.2 Å². The summed E-state index contributed by atoms with van der Waals surface area (Å²) in [5, 5.41) is 17.5. The van der Waals surface area contributed by atoms with Gasteiger partial charge in [-0.3, -0.25) is 4.79 Å². The Morgan fingerprint density at radius 2 is 2.24 bits per heavy atom. The molecule has 1 N–H and O–H groups in total. The summed E-state index contributed by atoms with van der Waals surface area (Å²) in [5.41, 5.74) is 2.32. The van der Waals surface area contributed by atoms with Crippen LogP contribution in [0.15, 0.2) is 18.2 Å². The van der Waals surface area contributed by atoms with Gasteiger partial charge in [0.1, 0.15) is 6.61 Å². The van der Waals surface area contributed by atoms with Gasteiger partial charge >= 0.3 is 0 Å². The van der Waals surface area contributed by atoms with E-state index in [9.17, 15) is 4.79 Å². The van der Waals surface area contributed by atoms with Gasteiger partial charge in [0.2, 0.25) is 0 Å². The molecule has 0 aliphatic heterocycles. The minimum absolute atomic E-state index is 0.0419. The number of hydrogen-bond donors (Lipinski definition) is 1. The molecule has 1 saturated carbocycles. The molecule has 1 aromatic rings. The van der Waals surface area contributed by atoms with Gasteiger partial charge in [0, 0.05) is 23.7 Å². The molecule has 108 valence electrons. The van der Waals surface area contributed by atoms with E-state index in [0.29, 0.717) is 18.5 Å². The molecule has 21 heavy (non-hydrogen) atoms. The fourth-order valence-corrected chi connectivity index (χ4v) is 2.20. The Kier molecular flexibility index (Phi) is 4.98. The molecule has 0 aromatic heterocycles. The van der Waals surface area contributed by atoms with Crippen molar-refractivity contribution in [1.82, 2.24) is 4.90 Å². The van der Waals surface area contributed by atoms with Gasteiger partial charge in [0.25, 0.3) is 5.91 Å². The molecule has 0 bridgehead atoms. The Morgan fingerprint density at radius 1 is 1.48 bits per heavy atom.